The number of carbonyl (C=O) groups excluding carboxylic acids is 1. The second kappa shape index (κ2) is 5.90. The van der Waals surface area contributed by atoms with E-state index < -0.39 is 0 Å². The summed E-state index contributed by atoms with van der Waals surface area (Å²) in [5.74, 6) is 0.836. The molecule has 1 aromatic carbocycles. The van der Waals surface area contributed by atoms with E-state index in [4.69, 9.17) is 4.74 Å². The van der Waals surface area contributed by atoms with Crippen LogP contribution in [-0.4, -0.2) is 41.2 Å². The molecule has 2 fully saturated rings. The van der Waals surface area contributed by atoms with Crippen LogP contribution in [0.1, 0.15) is 31.2 Å². The van der Waals surface area contributed by atoms with Crippen LogP contribution in [0.15, 0.2) is 30.3 Å². The predicted molar refractivity (Wildman–Crippen MR) is 80.9 cm³/mol. The van der Waals surface area contributed by atoms with Gasteiger partial charge in [-0.05, 0) is 49.5 Å². The predicted octanol–water partition coefficient (Wildman–Crippen LogP) is 2.22. The molecule has 2 heterocycles. The van der Waals surface area contributed by atoms with E-state index in [9.17, 15) is 9.90 Å². The molecule has 21 heavy (non-hydrogen) atoms. The van der Waals surface area contributed by atoms with E-state index in [1.165, 1.54) is 0 Å². The first kappa shape index (κ1) is 14.1. The molecule has 2 bridgehead atoms. The molecule has 1 amide bonds. The Balaban J connectivity index is 1.70. The quantitative estimate of drug-likeness (QED) is 0.867. The van der Waals surface area contributed by atoms with E-state index in [1.54, 1.807) is 13.2 Å². The third-order valence-electron chi connectivity index (χ3n) is 4.47. The molecule has 1 N–H and O–H groups in total. The average Bonchev–Trinajstić information content (AvgIpc) is 2.77. The van der Waals surface area contributed by atoms with Crippen LogP contribution in [-0.2, 0) is 4.79 Å². The first-order valence-electron chi connectivity index (χ1n) is 7.50. The number of hydrogen-bond donors (Lipinski definition) is 1. The van der Waals surface area contributed by atoms with Crippen LogP contribution in [0.5, 0.6) is 5.75 Å². The second-order valence-electron chi connectivity index (χ2n) is 5.87. The highest BCUT2D eigenvalue weighted by molar-refractivity contribution is 5.92. The molecule has 2 atom stereocenters. The summed E-state index contributed by atoms with van der Waals surface area (Å²) in [5, 5.41) is 9.79. The van der Waals surface area contributed by atoms with Crippen molar-refractivity contribution in [3.8, 4) is 5.75 Å². The Bertz CT molecular complexity index is 541. The molecule has 0 aliphatic carbocycles. The van der Waals surface area contributed by atoms with Gasteiger partial charge >= 0.3 is 0 Å². The lowest BCUT2D eigenvalue weighted by Gasteiger charge is -2.36. The minimum atomic E-state index is -0.242. The molecule has 1 aromatic rings. The third kappa shape index (κ3) is 2.95. The summed E-state index contributed by atoms with van der Waals surface area (Å²) in [6.07, 6.45) is 6.69. The van der Waals surface area contributed by atoms with Crippen LogP contribution < -0.4 is 4.74 Å². The van der Waals surface area contributed by atoms with Gasteiger partial charge in [0.1, 0.15) is 5.75 Å². The van der Waals surface area contributed by atoms with Crippen molar-refractivity contribution in [3.63, 3.8) is 0 Å². The van der Waals surface area contributed by atoms with Crippen molar-refractivity contribution < 1.29 is 14.6 Å². The number of aliphatic hydroxyl groups excluding tert-OH is 1. The van der Waals surface area contributed by atoms with Gasteiger partial charge < -0.3 is 14.7 Å². The highest BCUT2D eigenvalue weighted by Crippen LogP contribution is 2.35. The highest BCUT2D eigenvalue weighted by atomic mass is 16.5. The minimum Gasteiger partial charge on any atom is -0.497 e. The van der Waals surface area contributed by atoms with Crippen LogP contribution >= 0.6 is 0 Å². The van der Waals surface area contributed by atoms with Crippen molar-refractivity contribution >= 4 is 12.0 Å². The van der Waals surface area contributed by atoms with Crippen molar-refractivity contribution in [2.24, 2.45) is 0 Å². The Hall–Kier alpha value is -1.81. The Kier molecular flexibility index (Phi) is 3.97. The zero-order valence-corrected chi connectivity index (χ0v) is 12.2. The van der Waals surface area contributed by atoms with Crippen molar-refractivity contribution in [2.45, 2.75) is 43.9 Å². The molecule has 4 nitrogen and oxygen atoms in total. The average molecular weight is 287 g/mol. The SMILES string of the molecule is COc1cccc(C=CC(=O)N2C3CCC2CC(O)C3)c1. The number of aliphatic hydroxyl groups is 1. The van der Waals surface area contributed by atoms with Crippen LogP contribution in [0.2, 0.25) is 0 Å². The van der Waals surface area contributed by atoms with E-state index in [0.717, 1.165) is 37.0 Å². The Labute approximate surface area is 125 Å². The van der Waals surface area contributed by atoms with Crippen molar-refractivity contribution in [2.75, 3.05) is 7.11 Å². The topological polar surface area (TPSA) is 49.8 Å². The number of amides is 1. The molecule has 0 saturated carbocycles. The number of rotatable bonds is 3. The summed E-state index contributed by atoms with van der Waals surface area (Å²) in [4.78, 5) is 14.4. The Morgan fingerprint density at radius 1 is 1.33 bits per heavy atom. The second-order valence-corrected chi connectivity index (χ2v) is 5.87. The molecule has 0 aromatic heterocycles. The molecule has 0 radical (unpaired) electrons. The van der Waals surface area contributed by atoms with Gasteiger partial charge in [-0.1, -0.05) is 12.1 Å². The molecule has 112 valence electrons. The summed E-state index contributed by atoms with van der Waals surface area (Å²) in [5.41, 5.74) is 0.951. The van der Waals surface area contributed by atoms with Gasteiger partial charge in [-0.15, -0.1) is 0 Å². The van der Waals surface area contributed by atoms with Crippen molar-refractivity contribution in [1.29, 1.82) is 0 Å². The highest BCUT2D eigenvalue weighted by Gasteiger charge is 2.41. The summed E-state index contributed by atoms with van der Waals surface area (Å²) >= 11 is 0. The number of nitrogens with zero attached hydrogens (tertiary/aromatic N) is 1. The fourth-order valence-corrected chi connectivity index (χ4v) is 3.51. The third-order valence-corrected chi connectivity index (χ3v) is 4.47. The van der Waals surface area contributed by atoms with Gasteiger partial charge in [0.05, 0.1) is 13.2 Å². The molecule has 3 rings (SSSR count). The summed E-state index contributed by atoms with van der Waals surface area (Å²) in [7, 11) is 1.63. The van der Waals surface area contributed by atoms with E-state index in [2.05, 4.69) is 0 Å². The lowest BCUT2D eigenvalue weighted by molar-refractivity contribution is -0.131. The number of ether oxygens (including phenoxy) is 1. The smallest absolute Gasteiger partial charge is 0.247 e. The number of hydrogen-bond acceptors (Lipinski definition) is 3. The number of carbonyl (C=O) groups is 1. The first-order valence-corrected chi connectivity index (χ1v) is 7.50. The lowest BCUT2D eigenvalue weighted by atomic mass is 10.00. The molecule has 2 aliphatic heterocycles. The van der Waals surface area contributed by atoms with Gasteiger partial charge in [0, 0.05) is 18.2 Å². The maximum Gasteiger partial charge on any atom is 0.247 e. The van der Waals surface area contributed by atoms with Gasteiger partial charge in [0.2, 0.25) is 5.91 Å². The normalized spacial score (nSPS) is 28.1. The molecule has 0 spiro atoms. The van der Waals surface area contributed by atoms with Crippen LogP contribution in [0.3, 0.4) is 0 Å². The summed E-state index contributed by atoms with van der Waals surface area (Å²) in [6, 6.07) is 8.05. The van der Waals surface area contributed by atoms with E-state index >= 15 is 0 Å². The zero-order chi connectivity index (χ0) is 14.8. The lowest BCUT2D eigenvalue weighted by Crippen LogP contribution is -2.47. The summed E-state index contributed by atoms with van der Waals surface area (Å²) in [6.45, 7) is 0. The molecular weight excluding hydrogens is 266 g/mol. The van der Waals surface area contributed by atoms with Crippen molar-refractivity contribution in [1.82, 2.24) is 4.90 Å². The number of fused-ring (bicyclic) bond motifs is 2. The number of methoxy groups -OCH3 is 1. The molecule has 2 saturated heterocycles. The van der Waals surface area contributed by atoms with Gasteiger partial charge in [-0.2, -0.15) is 0 Å². The monoisotopic (exact) mass is 287 g/mol. The van der Waals surface area contributed by atoms with Gasteiger partial charge in [0.25, 0.3) is 0 Å². The maximum absolute atomic E-state index is 12.4. The summed E-state index contributed by atoms with van der Waals surface area (Å²) < 4.78 is 5.18. The molecule has 2 aliphatic rings. The van der Waals surface area contributed by atoms with Crippen LogP contribution in [0.25, 0.3) is 6.08 Å². The van der Waals surface area contributed by atoms with Gasteiger partial charge in [-0.3, -0.25) is 4.79 Å². The van der Waals surface area contributed by atoms with Gasteiger partial charge in [0.15, 0.2) is 0 Å². The fraction of sp³-hybridized carbons (Fsp3) is 0.471. The number of piperidine rings is 1. The first-order chi connectivity index (χ1) is 10.2. The minimum absolute atomic E-state index is 0.0530. The maximum atomic E-state index is 12.4. The molecular formula is C17H21NO3. The number of benzene rings is 1. The Morgan fingerprint density at radius 2 is 2.05 bits per heavy atom. The van der Waals surface area contributed by atoms with E-state index in [1.807, 2.05) is 35.2 Å². The molecule has 2 unspecified atom stereocenters. The van der Waals surface area contributed by atoms with E-state index in [0.29, 0.717) is 0 Å². The van der Waals surface area contributed by atoms with Crippen molar-refractivity contribution in [3.05, 3.63) is 35.9 Å². The largest absolute Gasteiger partial charge is 0.497 e. The van der Waals surface area contributed by atoms with E-state index in [-0.39, 0.29) is 24.1 Å². The van der Waals surface area contributed by atoms with Crippen LogP contribution in [0.4, 0.5) is 0 Å². The zero-order valence-electron chi connectivity index (χ0n) is 12.2. The molecule has 4 heteroatoms. The standard InChI is InChI=1S/C17H21NO3/c1-21-16-4-2-3-12(9-16)5-8-17(20)18-13-6-7-14(18)11-15(19)10-13/h2-5,8-9,13-15,19H,6-7,10-11H2,1H3. The van der Waals surface area contributed by atoms with Gasteiger partial charge in [-0.25, -0.2) is 0 Å². The van der Waals surface area contributed by atoms with Crippen LogP contribution in [0, 0.1) is 0 Å². The Morgan fingerprint density at radius 3 is 2.71 bits per heavy atom. The fourth-order valence-electron chi connectivity index (χ4n) is 3.51.